The first-order chi connectivity index (χ1) is 36.7. The second-order valence-corrected chi connectivity index (χ2v) is 19.4. The number of hydrogen-bond donors (Lipinski definition) is 0. The highest BCUT2D eigenvalue weighted by atomic mass is 14.2. The van der Waals surface area contributed by atoms with Crippen molar-refractivity contribution >= 4 is 86.2 Å². The van der Waals surface area contributed by atoms with E-state index in [0.29, 0.717) is 0 Å². The summed E-state index contributed by atoms with van der Waals surface area (Å²) in [4.78, 5) is 0. The smallest absolute Gasteiger partial charge is 0.00201 e. The van der Waals surface area contributed by atoms with Crippen LogP contribution in [0.25, 0.3) is 142 Å². The van der Waals surface area contributed by atoms with Crippen molar-refractivity contribution in [2.75, 3.05) is 0 Å². The Morgan fingerprint density at radius 1 is 0.135 bits per heavy atom. The zero-order valence-electron chi connectivity index (χ0n) is 40.7. The molecule has 0 nitrogen and oxygen atoms in total. The molecule has 0 heteroatoms. The summed E-state index contributed by atoms with van der Waals surface area (Å²) >= 11 is 0. The molecule has 0 aromatic heterocycles. The van der Waals surface area contributed by atoms with Crippen molar-refractivity contribution in [1.82, 2.24) is 0 Å². The van der Waals surface area contributed by atoms with E-state index < -0.39 is 0 Å². The van der Waals surface area contributed by atoms with Crippen molar-refractivity contribution in [3.63, 3.8) is 0 Å². The maximum absolute atomic E-state index is 2.34. The largest absolute Gasteiger partial charge is 0.0616 e. The zero-order chi connectivity index (χ0) is 49.0. The number of hydrogen-bond acceptors (Lipinski definition) is 0. The molecule has 0 unspecified atom stereocenters. The highest BCUT2D eigenvalue weighted by Gasteiger charge is 2.19. The molecule has 0 aliphatic rings. The number of benzene rings is 15. The quantitative estimate of drug-likeness (QED) is 0.151. The van der Waals surface area contributed by atoms with Crippen LogP contribution >= 0.6 is 0 Å². The number of rotatable bonds is 5. The van der Waals surface area contributed by atoms with Crippen LogP contribution in [-0.2, 0) is 0 Å². The van der Waals surface area contributed by atoms with Crippen molar-refractivity contribution in [2.24, 2.45) is 0 Å². The van der Waals surface area contributed by atoms with Crippen molar-refractivity contribution in [3.8, 4) is 55.6 Å². The van der Waals surface area contributed by atoms with E-state index in [1.807, 2.05) is 0 Å². The minimum absolute atomic E-state index is 1.24. The molecule has 344 valence electrons. The molecule has 0 N–H and O–H groups in total. The van der Waals surface area contributed by atoms with Gasteiger partial charge in [-0.15, -0.1) is 0 Å². The lowest BCUT2D eigenvalue weighted by Gasteiger charge is -2.19. The van der Waals surface area contributed by atoms with Gasteiger partial charge >= 0.3 is 0 Å². The van der Waals surface area contributed by atoms with Crippen molar-refractivity contribution in [2.45, 2.75) is 0 Å². The van der Waals surface area contributed by atoms with E-state index >= 15 is 0 Å². The Balaban J connectivity index is 0.000000138. The predicted octanol–water partition coefficient (Wildman–Crippen LogP) is 20.9. The third kappa shape index (κ3) is 7.39. The fourth-order valence-electron chi connectivity index (χ4n) is 11.9. The van der Waals surface area contributed by atoms with Gasteiger partial charge in [-0.05, 0) is 154 Å². The highest BCUT2D eigenvalue weighted by molar-refractivity contribution is 6.24. The summed E-state index contributed by atoms with van der Waals surface area (Å²) in [6.45, 7) is 0. The van der Waals surface area contributed by atoms with Gasteiger partial charge in [-0.3, -0.25) is 0 Å². The van der Waals surface area contributed by atoms with Crippen molar-refractivity contribution < 1.29 is 0 Å². The third-order valence-corrected chi connectivity index (χ3v) is 15.3. The molecule has 0 heterocycles. The first-order valence-corrected chi connectivity index (χ1v) is 25.7. The van der Waals surface area contributed by atoms with Crippen LogP contribution in [0.5, 0.6) is 0 Å². The fourth-order valence-corrected chi connectivity index (χ4v) is 11.9. The molecular weight excluding hydrogens is 889 g/mol. The molecule has 0 spiro atoms. The zero-order valence-corrected chi connectivity index (χ0v) is 40.7. The van der Waals surface area contributed by atoms with E-state index in [0.717, 1.165) is 0 Å². The molecule has 0 fully saturated rings. The van der Waals surface area contributed by atoms with Gasteiger partial charge in [0.2, 0.25) is 0 Å². The van der Waals surface area contributed by atoms with Crippen LogP contribution in [-0.4, -0.2) is 0 Å². The topological polar surface area (TPSA) is 0 Å². The Hall–Kier alpha value is -9.62. The SMILES string of the molecule is c1ccc2cc(-c3c4ccccc4c(-c4ccc(-c5cccc6ccccc56)cc4)c4ccccc34)ccc2c1.c1ccc2cc(-c3c4ccccc4c(-c4cccc5ccccc45)c4ccccc34)ccc2c1. The summed E-state index contributed by atoms with van der Waals surface area (Å²) in [7, 11) is 0. The monoisotopic (exact) mass is 936 g/mol. The minimum atomic E-state index is 1.24. The normalized spacial score (nSPS) is 11.5. The van der Waals surface area contributed by atoms with E-state index in [1.165, 1.54) is 142 Å². The van der Waals surface area contributed by atoms with E-state index in [-0.39, 0.29) is 0 Å². The van der Waals surface area contributed by atoms with Gasteiger partial charge in [0.1, 0.15) is 0 Å². The van der Waals surface area contributed by atoms with Crippen LogP contribution < -0.4 is 0 Å². The fraction of sp³-hybridized carbons (Fsp3) is 0. The van der Waals surface area contributed by atoms with Gasteiger partial charge in [-0.2, -0.15) is 0 Å². The van der Waals surface area contributed by atoms with Gasteiger partial charge in [0.15, 0.2) is 0 Å². The molecule has 0 saturated carbocycles. The van der Waals surface area contributed by atoms with Crippen molar-refractivity contribution in [3.05, 3.63) is 291 Å². The van der Waals surface area contributed by atoms with Gasteiger partial charge < -0.3 is 0 Å². The standard InChI is InChI=1S/C40H26.C34H22/c1-2-12-31-26-32(25-20-27(31)10-1)40-37-17-7-5-15-35(37)39(36-16-6-8-18-38(36)40)30-23-21-29(22-24-30)34-19-9-13-28-11-3-4-14-33(28)34;1-2-12-25-22-26(21-20-23(25)10-1)33-29-15-5-7-17-31(29)34(32-18-8-6-16-30(32)33)28-19-9-13-24-11-3-4-14-27(24)28/h1-26H;1-22H. The maximum Gasteiger partial charge on any atom is -0.00201 e. The van der Waals surface area contributed by atoms with Gasteiger partial charge in [-0.25, -0.2) is 0 Å². The Labute approximate surface area is 430 Å². The lowest BCUT2D eigenvalue weighted by atomic mass is 9.84. The molecule has 74 heavy (non-hydrogen) atoms. The summed E-state index contributed by atoms with van der Waals surface area (Å²) < 4.78 is 0. The van der Waals surface area contributed by atoms with Gasteiger partial charge in [0, 0.05) is 0 Å². The highest BCUT2D eigenvalue weighted by Crippen LogP contribution is 2.47. The molecular formula is C74H48. The van der Waals surface area contributed by atoms with E-state index in [1.54, 1.807) is 0 Å². The first-order valence-electron chi connectivity index (χ1n) is 25.7. The summed E-state index contributed by atoms with van der Waals surface area (Å²) in [5, 5.41) is 20.5. The first kappa shape index (κ1) is 43.2. The molecule has 0 bridgehead atoms. The molecule has 0 amide bonds. The Morgan fingerprint density at radius 3 is 0.824 bits per heavy atom. The van der Waals surface area contributed by atoms with Crippen LogP contribution in [0.3, 0.4) is 0 Å². The second-order valence-electron chi connectivity index (χ2n) is 19.4. The molecule has 0 aliphatic carbocycles. The minimum Gasteiger partial charge on any atom is -0.0616 e. The second kappa shape index (κ2) is 18.2. The summed E-state index contributed by atoms with van der Waals surface area (Å²) in [5.74, 6) is 0. The molecule has 0 aliphatic heterocycles. The van der Waals surface area contributed by atoms with E-state index in [4.69, 9.17) is 0 Å². The number of fused-ring (bicyclic) bond motifs is 8. The summed E-state index contributed by atoms with van der Waals surface area (Å²) in [6.07, 6.45) is 0. The lowest BCUT2D eigenvalue weighted by Crippen LogP contribution is -1.91. The Bertz CT molecular complexity index is 4530. The lowest BCUT2D eigenvalue weighted by molar-refractivity contribution is 1.63. The molecule has 15 aromatic rings. The van der Waals surface area contributed by atoms with E-state index in [2.05, 4.69) is 291 Å². The summed E-state index contributed by atoms with van der Waals surface area (Å²) in [5.41, 5.74) is 12.8. The average Bonchev–Trinajstić information content (AvgIpc) is 3.48. The van der Waals surface area contributed by atoms with Crippen LogP contribution in [0.4, 0.5) is 0 Å². The maximum atomic E-state index is 2.34. The van der Waals surface area contributed by atoms with Crippen LogP contribution in [0.1, 0.15) is 0 Å². The van der Waals surface area contributed by atoms with Crippen molar-refractivity contribution in [1.29, 1.82) is 0 Å². The molecule has 15 rings (SSSR count). The van der Waals surface area contributed by atoms with Gasteiger partial charge in [0.05, 0.1) is 0 Å². The third-order valence-electron chi connectivity index (χ3n) is 15.3. The van der Waals surface area contributed by atoms with Crippen LogP contribution in [0.2, 0.25) is 0 Å². The van der Waals surface area contributed by atoms with Crippen LogP contribution in [0, 0.1) is 0 Å². The molecule has 0 radical (unpaired) electrons. The Kier molecular flexibility index (Phi) is 10.6. The Morgan fingerprint density at radius 2 is 0.405 bits per heavy atom. The van der Waals surface area contributed by atoms with Crippen LogP contribution in [0.15, 0.2) is 291 Å². The summed E-state index contributed by atoms with van der Waals surface area (Å²) in [6, 6.07) is 106. The molecule has 0 saturated heterocycles. The average molecular weight is 937 g/mol. The van der Waals surface area contributed by atoms with E-state index in [9.17, 15) is 0 Å². The van der Waals surface area contributed by atoms with Gasteiger partial charge in [-0.1, -0.05) is 279 Å². The van der Waals surface area contributed by atoms with Gasteiger partial charge in [0.25, 0.3) is 0 Å². The molecule has 0 atom stereocenters. The molecule has 15 aromatic carbocycles. The predicted molar refractivity (Wildman–Crippen MR) is 320 cm³/mol.